The van der Waals surface area contributed by atoms with Crippen LogP contribution in [-0.4, -0.2) is 24.3 Å². The molecule has 1 fully saturated rings. The number of carbonyl (C=O) groups is 3. The van der Waals surface area contributed by atoms with E-state index in [9.17, 15) is 14.4 Å². The Morgan fingerprint density at radius 2 is 1.88 bits per heavy atom. The zero-order valence-electron chi connectivity index (χ0n) is 13.1. The maximum absolute atomic E-state index is 12.5. The molecule has 2 aromatic rings. The first-order valence-electron chi connectivity index (χ1n) is 7.48. The molecule has 7 heteroatoms. The second-order valence-electron chi connectivity index (χ2n) is 5.30. The van der Waals surface area contributed by atoms with Crippen molar-refractivity contribution in [1.82, 2.24) is 5.43 Å². The standard InChI is InChI=1S/C18H15N3O4/c19-16(22)11-25-14-8-4-5-12(9-14)10-15-17(23)20-21(18(15)24)13-6-2-1-3-7-13/h1-10H,11H2,(H2,19,22)(H,20,23). The average molecular weight is 337 g/mol. The van der Waals surface area contributed by atoms with Gasteiger partial charge in [0.1, 0.15) is 11.3 Å². The van der Waals surface area contributed by atoms with E-state index in [4.69, 9.17) is 10.5 Å². The number of primary amides is 1. The number of hydrogen-bond acceptors (Lipinski definition) is 4. The van der Waals surface area contributed by atoms with Crippen molar-refractivity contribution in [2.24, 2.45) is 5.73 Å². The number of hydrogen-bond donors (Lipinski definition) is 2. The summed E-state index contributed by atoms with van der Waals surface area (Å²) in [7, 11) is 0. The lowest BCUT2D eigenvalue weighted by Gasteiger charge is -2.13. The van der Waals surface area contributed by atoms with Crippen LogP contribution in [-0.2, 0) is 14.4 Å². The molecule has 7 nitrogen and oxygen atoms in total. The molecule has 126 valence electrons. The molecule has 0 aliphatic carbocycles. The van der Waals surface area contributed by atoms with Gasteiger partial charge in [0.2, 0.25) is 0 Å². The number of benzene rings is 2. The number of hydrazine groups is 1. The maximum atomic E-state index is 12.5. The number of carbonyl (C=O) groups excluding carboxylic acids is 3. The molecule has 1 aliphatic rings. The van der Waals surface area contributed by atoms with Gasteiger partial charge in [-0.1, -0.05) is 30.3 Å². The zero-order chi connectivity index (χ0) is 17.8. The van der Waals surface area contributed by atoms with Gasteiger partial charge in [-0.15, -0.1) is 0 Å². The molecule has 1 aliphatic heterocycles. The highest BCUT2D eigenvalue weighted by Crippen LogP contribution is 2.22. The van der Waals surface area contributed by atoms with Gasteiger partial charge in [0.15, 0.2) is 6.61 Å². The van der Waals surface area contributed by atoms with Gasteiger partial charge in [0.25, 0.3) is 17.7 Å². The maximum Gasteiger partial charge on any atom is 0.282 e. The summed E-state index contributed by atoms with van der Waals surface area (Å²) in [6.45, 7) is -0.249. The minimum absolute atomic E-state index is 0.0101. The fraction of sp³-hybridized carbons (Fsp3) is 0.0556. The van der Waals surface area contributed by atoms with E-state index in [-0.39, 0.29) is 12.2 Å². The first-order chi connectivity index (χ1) is 12.0. The van der Waals surface area contributed by atoms with Gasteiger partial charge in [-0.05, 0) is 35.9 Å². The minimum Gasteiger partial charge on any atom is -0.484 e. The fourth-order valence-corrected chi connectivity index (χ4v) is 2.33. The molecular weight excluding hydrogens is 322 g/mol. The third-order valence-corrected chi connectivity index (χ3v) is 3.46. The van der Waals surface area contributed by atoms with Crippen LogP contribution in [0, 0.1) is 0 Å². The number of anilines is 1. The number of nitrogens with zero attached hydrogens (tertiary/aromatic N) is 1. The van der Waals surface area contributed by atoms with Crippen molar-refractivity contribution >= 4 is 29.5 Å². The summed E-state index contributed by atoms with van der Waals surface area (Å²) in [5.74, 6) is -1.11. The molecule has 3 amide bonds. The lowest BCUT2D eigenvalue weighted by atomic mass is 10.1. The van der Waals surface area contributed by atoms with Crippen LogP contribution < -0.4 is 20.9 Å². The molecule has 3 rings (SSSR count). The van der Waals surface area contributed by atoms with Crippen molar-refractivity contribution in [3.63, 3.8) is 0 Å². The molecule has 0 unspecified atom stereocenters. The predicted octanol–water partition coefficient (Wildman–Crippen LogP) is 1.01. The molecule has 2 aromatic carbocycles. The van der Waals surface area contributed by atoms with Crippen LogP contribution >= 0.6 is 0 Å². The van der Waals surface area contributed by atoms with Crippen molar-refractivity contribution in [3.05, 3.63) is 65.7 Å². The molecular formula is C18H15N3O4. The topological polar surface area (TPSA) is 102 Å². The van der Waals surface area contributed by atoms with Crippen LogP contribution in [0.25, 0.3) is 6.08 Å². The molecule has 3 N–H and O–H groups in total. The number of rotatable bonds is 5. The molecule has 0 aromatic heterocycles. The van der Waals surface area contributed by atoms with E-state index in [2.05, 4.69) is 5.43 Å². The van der Waals surface area contributed by atoms with Crippen molar-refractivity contribution in [3.8, 4) is 5.75 Å². The van der Waals surface area contributed by atoms with E-state index in [1.807, 2.05) is 6.07 Å². The predicted molar refractivity (Wildman–Crippen MR) is 91.2 cm³/mol. The fourth-order valence-electron chi connectivity index (χ4n) is 2.33. The van der Waals surface area contributed by atoms with Crippen LogP contribution in [0.1, 0.15) is 5.56 Å². The van der Waals surface area contributed by atoms with Crippen molar-refractivity contribution in [2.75, 3.05) is 11.6 Å². The molecule has 0 saturated carbocycles. The Labute approximate surface area is 143 Å². The van der Waals surface area contributed by atoms with E-state index >= 15 is 0 Å². The highest BCUT2D eigenvalue weighted by molar-refractivity contribution is 6.31. The highest BCUT2D eigenvalue weighted by Gasteiger charge is 2.34. The average Bonchev–Trinajstić information content (AvgIpc) is 2.89. The first kappa shape index (κ1) is 16.3. The second kappa shape index (κ2) is 6.88. The van der Waals surface area contributed by atoms with Crippen LogP contribution in [0.4, 0.5) is 5.69 Å². The Morgan fingerprint density at radius 1 is 1.12 bits per heavy atom. The molecule has 25 heavy (non-hydrogen) atoms. The Morgan fingerprint density at radius 3 is 2.60 bits per heavy atom. The van der Waals surface area contributed by atoms with Crippen LogP contribution in [0.15, 0.2) is 60.2 Å². The lowest BCUT2D eigenvalue weighted by molar-refractivity contribution is -0.120. The lowest BCUT2D eigenvalue weighted by Crippen LogP contribution is -2.35. The Hall–Kier alpha value is -3.61. The van der Waals surface area contributed by atoms with Crippen molar-refractivity contribution < 1.29 is 19.1 Å². The number of nitrogens with two attached hydrogens (primary N) is 1. The van der Waals surface area contributed by atoms with Gasteiger partial charge in [-0.3, -0.25) is 19.8 Å². The molecule has 0 atom stereocenters. The van der Waals surface area contributed by atoms with E-state index in [1.165, 1.54) is 11.1 Å². The highest BCUT2D eigenvalue weighted by atomic mass is 16.5. The monoisotopic (exact) mass is 337 g/mol. The third kappa shape index (κ3) is 3.66. The Kier molecular flexibility index (Phi) is 4.47. The largest absolute Gasteiger partial charge is 0.484 e. The van der Waals surface area contributed by atoms with Gasteiger partial charge in [0, 0.05) is 0 Å². The summed E-state index contributed by atoms with van der Waals surface area (Å²) < 4.78 is 5.22. The van der Waals surface area contributed by atoms with Crippen molar-refractivity contribution in [2.45, 2.75) is 0 Å². The summed E-state index contributed by atoms with van der Waals surface area (Å²) in [6, 6.07) is 15.5. The normalized spacial score (nSPS) is 15.4. The molecule has 0 spiro atoms. The summed E-state index contributed by atoms with van der Waals surface area (Å²) >= 11 is 0. The first-order valence-corrected chi connectivity index (χ1v) is 7.48. The van der Waals surface area contributed by atoms with Crippen LogP contribution in [0.3, 0.4) is 0 Å². The number of para-hydroxylation sites is 1. The summed E-state index contributed by atoms with van der Waals surface area (Å²) in [4.78, 5) is 35.4. The van der Waals surface area contributed by atoms with E-state index in [0.29, 0.717) is 17.0 Å². The number of nitrogens with one attached hydrogen (secondary N) is 1. The molecule has 0 bridgehead atoms. The van der Waals surface area contributed by atoms with E-state index in [1.54, 1.807) is 48.5 Å². The summed E-state index contributed by atoms with van der Waals surface area (Å²) in [6.07, 6.45) is 1.47. The van der Waals surface area contributed by atoms with Gasteiger partial charge in [0.05, 0.1) is 5.69 Å². The quantitative estimate of drug-likeness (QED) is 0.628. The smallest absolute Gasteiger partial charge is 0.282 e. The molecule has 1 saturated heterocycles. The van der Waals surface area contributed by atoms with Gasteiger partial charge < -0.3 is 10.5 Å². The van der Waals surface area contributed by atoms with Gasteiger partial charge in [-0.25, -0.2) is 5.01 Å². The van der Waals surface area contributed by atoms with Crippen LogP contribution in [0.5, 0.6) is 5.75 Å². The van der Waals surface area contributed by atoms with E-state index in [0.717, 1.165) is 0 Å². The SMILES string of the molecule is NC(=O)COc1cccc(C=C2C(=O)NN(c3ccccc3)C2=O)c1. The molecule has 1 heterocycles. The summed E-state index contributed by atoms with van der Waals surface area (Å²) in [5, 5.41) is 1.20. The van der Waals surface area contributed by atoms with E-state index < -0.39 is 17.7 Å². The Balaban J connectivity index is 1.84. The van der Waals surface area contributed by atoms with Crippen molar-refractivity contribution in [1.29, 1.82) is 0 Å². The summed E-state index contributed by atoms with van der Waals surface area (Å²) in [5.41, 5.74) is 8.74. The second-order valence-corrected chi connectivity index (χ2v) is 5.30. The molecule has 0 radical (unpaired) electrons. The van der Waals surface area contributed by atoms with Gasteiger partial charge in [-0.2, -0.15) is 0 Å². The Bertz CT molecular complexity index is 862. The number of amides is 3. The van der Waals surface area contributed by atoms with Gasteiger partial charge >= 0.3 is 0 Å². The third-order valence-electron chi connectivity index (χ3n) is 3.46. The minimum atomic E-state index is -0.590. The zero-order valence-corrected chi connectivity index (χ0v) is 13.1. The van der Waals surface area contributed by atoms with Crippen LogP contribution in [0.2, 0.25) is 0 Å². The number of ether oxygens (including phenoxy) is 1.